The molecule has 1 heterocycles. The van der Waals surface area contributed by atoms with Crippen molar-refractivity contribution in [2.24, 2.45) is 0 Å². The van der Waals surface area contributed by atoms with Crippen LogP contribution in [-0.2, 0) is 4.74 Å². The molecule has 1 fully saturated rings. The van der Waals surface area contributed by atoms with Gasteiger partial charge < -0.3 is 9.64 Å². The second kappa shape index (κ2) is 4.88. The molecule has 1 saturated heterocycles. The van der Waals surface area contributed by atoms with Gasteiger partial charge in [0.15, 0.2) is 0 Å². The zero-order valence-electron chi connectivity index (χ0n) is 10.7. The van der Waals surface area contributed by atoms with Crippen molar-refractivity contribution in [3.63, 3.8) is 0 Å². The molecule has 92 valence electrons. The number of nitrogens with zero attached hydrogens (tertiary/aromatic N) is 1. The van der Waals surface area contributed by atoms with Crippen molar-refractivity contribution in [1.82, 2.24) is 4.90 Å². The number of aryl methyl sites for hydroxylation is 2. The van der Waals surface area contributed by atoms with Crippen molar-refractivity contribution in [3.05, 3.63) is 34.9 Å². The molecule has 0 bridgehead atoms. The van der Waals surface area contributed by atoms with E-state index in [4.69, 9.17) is 4.74 Å². The summed E-state index contributed by atoms with van der Waals surface area (Å²) in [5, 5.41) is 0. The maximum atomic E-state index is 12.3. The van der Waals surface area contributed by atoms with E-state index in [0.29, 0.717) is 19.7 Å². The van der Waals surface area contributed by atoms with E-state index in [2.05, 4.69) is 6.92 Å². The standard InChI is InChI=1S/C14H19NO2/c1-10-4-5-13(8-11(10)2)14(16)15-6-7-17-12(3)9-15/h4-5,8,12H,6-7,9H2,1-3H3. The van der Waals surface area contributed by atoms with E-state index in [9.17, 15) is 4.79 Å². The van der Waals surface area contributed by atoms with Crippen molar-refractivity contribution in [2.75, 3.05) is 19.7 Å². The molecule has 1 atom stereocenters. The molecular weight excluding hydrogens is 214 g/mol. The summed E-state index contributed by atoms with van der Waals surface area (Å²) in [6.45, 7) is 8.11. The number of amides is 1. The molecule has 0 aromatic heterocycles. The van der Waals surface area contributed by atoms with Crippen LogP contribution in [0, 0.1) is 13.8 Å². The van der Waals surface area contributed by atoms with Gasteiger partial charge in [-0.25, -0.2) is 0 Å². The number of ether oxygens (including phenoxy) is 1. The van der Waals surface area contributed by atoms with Gasteiger partial charge in [0, 0.05) is 18.7 Å². The Morgan fingerprint density at radius 1 is 1.35 bits per heavy atom. The second-order valence-electron chi connectivity index (χ2n) is 4.73. The number of morpholine rings is 1. The third-order valence-corrected chi connectivity index (χ3v) is 3.28. The van der Waals surface area contributed by atoms with Crippen LogP contribution in [0.4, 0.5) is 0 Å². The molecule has 1 aromatic carbocycles. The highest BCUT2D eigenvalue weighted by Gasteiger charge is 2.22. The summed E-state index contributed by atoms with van der Waals surface area (Å²) >= 11 is 0. The average Bonchev–Trinajstić information content (AvgIpc) is 2.32. The van der Waals surface area contributed by atoms with Crippen LogP contribution in [0.15, 0.2) is 18.2 Å². The molecule has 0 radical (unpaired) electrons. The number of hydrogen-bond acceptors (Lipinski definition) is 2. The fourth-order valence-electron chi connectivity index (χ4n) is 2.06. The molecule has 3 nitrogen and oxygen atoms in total. The Morgan fingerprint density at radius 2 is 2.12 bits per heavy atom. The lowest BCUT2D eigenvalue weighted by Crippen LogP contribution is -2.44. The Hall–Kier alpha value is -1.35. The van der Waals surface area contributed by atoms with Crippen LogP contribution >= 0.6 is 0 Å². The molecule has 0 spiro atoms. The predicted molar refractivity (Wildman–Crippen MR) is 67.2 cm³/mol. The summed E-state index contributed by atoms with van der Waals surface area (Å²) < 4.78 is 5.44. The summed E-state index contributed by atoms with van der Waals surface area (Å²) in [6, 6.07) is 5.88. The van der Waals surface area contributed by atoms with Crippen LogP contribution in [0.2, 0.25) is 0 Å². The highest BCUT2D eigenvalue weighted by atomic mass is 16.5. The van der Waals surface area contributed by atoms with Gasteiger partial charge in [-0.2, -0.15) is 0 Å². The van der Waals surface area contributed by atoms with Crippen molar-refractivity contribution in [2.45, 2.75) is 26.9 Å². The smallest absolute Gasteiger partial charge is 0.254 e. The van der Waals surface area contributed by atoms with Crippen LogP contribution in [-0.4, -0.2) is 36.6 Å². The van der Waals surface area contributed by atoms with Gasteiger partial charge in [-0.1, -0.05) is 6.07 Å². The molecule has 3 heteroatoms. The normalized spacial score (nSPS) is 20.4. The second-order valence-corrected chi connectivity index (χ2v) is 4.73. The summed E-state index contributed by atoms with van der Waals surface area (Å²) in [5.74, 6) is 0.114. The molecule has 0 saturated carbocycles. The van der Waals surface area contributed by atoms with Crippen molar-refractivity contribution in [1.29, 1.82) is 0 Å². The molecule has 0 N–H and O–H groups in total. The van der Waals surface area contributed by atoms with Crippen molar-refractivity contribution >= 4 is 5.91 Å². The minimum Gasteiger partial charge on any atom is -0.375 e. The van der Waals surface area contributed by atoms with Gasteiger partial charge in [0.25, 0.3) is 5.91 Å². The topological polar surface area (TPSA) is 29.5 Å². The zero-order chi connectivity index (χ0) is 12.4. The first-order valence-electron chi connectivity index (χ1n) is 6.06. The molecule has 0 aliphatic carbocycles. The maximum Gasteiger partial charge on any atom is 0.254 e. The molecule has 1 amide bonds. The highest BCUT2D eigenvalue weighted by molar-refractivity contribution is 5.94. The average molecular weight is 233 g/mol. The quantitative estimate of drug-likeness (QED) is 0.744. The zero-order valence-corrected chi connectivity index (χ0v) is 10.7. The minimum atomic E-state index is 0.114. The highest BCUT2D eigenvalue weighted by Crippen LogP contribution is 2.14. The lowest BCUT2D eigenvalue weighted by molar-refractivity contribution is -0.0124. The van der Waals surface area contributed by atoms with E-state index in [1.165, 1.54) is 5.56 Å². The van der Waals surface area contributed by atoms with E-state index >= 15 is 0 Å². The number of rotatable bonds is 1. The first kappa shape index (κ1) is 12.1. The Labute approximate surface area is 102 Å². The van der Waals surface area contributed by atoms with Crippen LogP contribution in [0.3, 0.4) is 0 Å². The maximum absolute atomic E-state index is 12.3. The fraction of sp³-hybridized carbons (Fsp3) is 0.500. The lowest BCUT2D eigenvalue weighted by atomic mass is 10.1. The van der Waals surface area contributed by atoms with Gasteiger partial charge in [0.1, 0.15) is 0 Å². The van der Waals surface area contributed by atoms with Gasteiger partial charge in [-0.05, 0) is 44.0 Å². The van der Waals surface area contributed by atoms with Crippen LogP contribution < -0.4 is 0 Å². The number of hydrogen-bond donors (Lipinski definition) is 0. The summed E-state index contributed by atoms with van der Waals surface area (Å²) in [7, 11) is 0. The number of carbonyl (C=O) groups excluding carboxylic acids is 1. The summed E-state index contributed by atoms with van der Waals surface area (Å²) in [4.78, 5) is 14.2. The van der Waals surface area contributed by atoms with Crippen molar-refractivity contribution < 1.29 is 9.53 Å². The Bertz CT molecular complexity index is 428. The van der Waals surface area contributed by atoms with Gasteiger partial charge in [0.05, 0.1) is 12.7 Å². The Balaban J connectivity index is 2.15. The largest absolute Gasteiger partial charge is 0.375 e. The van der Waals surface area contributed by atoms with E-state index in [0.717, 1.165) is 11.1 Å². The van der Waals surface area contributed by atoms with Crippen LogP contribution in [0.25, 0.3) is 0 Å². The first-order valence-corrected chi connectivity index (χ1v) is 6.06. The van der Waals surface area contributed by atoms with E-state index in [-0.39, 0.29) is 12.0 Å². The van der Waals surface area contributed by atoms with E-state index in [1.807, 2.05) is 36.9 Å². The van der Waals surface area contributed by atoms with Gasteiger partial charge in [-0.3, -0.25) is 4.79 Å². The van der Waals surface area contributed by atoms with Crippen LogP contribution in [0.5, 0.6) is 0 Å². The predicted octanol–water partition coefficient (Wildman–Crippen LogP) is 2.16. The van der Waals surface area contributed by atoms with Gasteiger partial charge in [0.2, 0.25) is 0 Å². The SMILES string of the molecule is Cc1ccc(C(=O)N2CCOC(C)C2)cc1C. The summed E-state index contributed by atoms with van der Waals surface area (Å²) in [5.41, 5.74) is 3.16. The molecule has 1 unspecified atom stereocenters. The summed E-state index contributed by atoms with van der Waals surface area (Å²) in [6.07, 6.45) is 0.138. The Kier molecular flexibility index (Phi) is 3.48. The fourth-order valence-corrected chi connectivity index (χ4v) is 2.06. The first-order chi connectivity index (χ1) is 8.08. The molecule has 1 aliphatic heterocycles. The number of benzene rings is 1. The third kappa shape index (κ3) is 2.67. The molecule has 17 heavy (non-hydrogen) atoms. The Morgan fingerprint density at radius 3 is 2.76 bits per heavy atom. The van der Waals surface area contributed by atoms with Crippen molar-refractivity contribution in [3.8, 4) is 0 Å². The molecule has 2 rings (SSSR count). The van der Waals surface area contributed by atoms with E-state index in [1.54, 1.807) is 0 Å². The van der Waals surface area contributed by atoms with Gasteiger partial charge in [-0.15, -0.1) is 0 Å². The number of carbonyl (C=O) groups is 1. The molecule has 1 aliphatic rings. The minimum absolute atomic E-state index is 0.114. The lowest BCUT2D eigenvalue weighted by Gasteiger charge is -2.31. The molecular formula is C14H19NO2. The van der Waals surface area contributed by atoms with Gasteiger partial charge >= 0.3 is 0 Å². The monoisotopic (exact) mass is 233 g/mol. The van der Waals surface area contributed by atoms with Crippen LogP contribution in [0.1, 0.15) is 28.4 Å². The van der Waals surface area contributed by atoms with E-state index < -0.39 is 0 Å². The third-order valence-electron chi connectivity index (χ3n) is 3.28. The molecule has 1 aromatic rings.